The minimum absolute atomic E-state index is 0.176. The summed E-state index contributed by atoms with van der Waals surface area (Å²) in [6.07, 6.45) is 0. The van der Waals surface area contributed by atoms with Crippen molar-refractivity contribution in [2.45, 2.75) is 0 Å². The molecule has 6 heteroatoms. The van der Waals surface area contributed by atoms with E-state index in [-0.39, 0.29) is 10.7 Å². The van der Waals surface area contributed by atoms with Gasteiger partial charge in [0.05, 0.1) is 11.3 Å². The molecule has 0 unspecified atom stereocenters. The highest BCUT2D eigenvalue weighted by Crippen LogP contribution is 2.23. The van der Waals surface area contributed by atoms with Crippen LogP contribution in [0, 0.1) is 17.1 Å². The van der Waals surface area contributed by atoms with Crippen LogP contribution in [-0.4, -0.2) is 4.98 Å². The third-order valence-corrected chi connectivity index (χ3v) is 2.37. The molecule has 3 N–H and O–H groups in total. The molecule has 0 amide bonds. The Balaban J connectivity index is 2.37. The topological polar surface area (TPSA) is 74.7 Å². The van der Waals surface area contributed by atoms with Gasteiger partial charge in [-0.05, 0) is 24.3 Å². The fourth-order valence-electron chi connectivity index (χ4n) is 1.44. The summed E-state index contributed by atoms with van der Waals surface area (Å²) in [4.78, 5) is 4.00. The summed E-state index contributed by atoms with van der Waals surface area (Å²) in [7, 11) is 0. The molecule has 2 aromatic rings. The molecule has 18 heavy (non-hydrogen) atoms. The summed E-state index contributed by atoms with van der Waals surface area (Å²) in [5.41, 5.74) is 6.68. The van der Waals surface area contributed by atoms with Crippen molar-refractivity contribution in [1.82, 2.24) is 4.98 Å². The van der Waals surface area contributed by atoms with Crippen LogP contribution >= 0.6 is 11.6 Å². The van der Waals surface area contributed by atoms with E-state index in [9.17, 15) is 4.39 Å². The van der Waals surface area contributed by atoms with E-state index in [0.29, 0.717) is 17.2 Å². The molecular weight excluding hydrogens is 255 g/mol. The molecular formula is C12H8ClFN4. The predicted molar refractivity (Wildman–Crippen MR) is 68.1 cm³/mol. The summed E-state index contributed by atoms with van der Waals surface area (Å²) in [6.45, 7) is 0. The second kappa shape index (κ2) is 4.90. The van der Waals surface area contributed by atoms with E-state index < -0.39 is 5.82 Å². The molecule has 1 aromatic heterocycles. The molecule has 1 aromatic carbocycles. The van der Waals surface area contributed by atoms with Gasteiger partial charge in [0.2, 0.25) is 0 Å². The Morgan fingerprint density at radius 3 is 2.78 bits per heavy atom. The summed E-state index contributed by atoms with van der Waals surface area (Å²) in [6, 6.07) is 8.79. The number of nitrogens with one attached hydrogen (secondary N) is 1. The number of pyridine rings is 1. The van der Waals surface area contributed by atoms with Crippen LogP contribution in [0.15, 0.2) is 30.3 Å². The number of hydrogen-bond acceptors (Lipinski definition) is 4. The Bertz CT molecular complexity index is 616. The minimum Gasteiger partial charge on any atom is -0.399 e. The highest BCUT2D eigenvalue weighted by atomic mass is 35.5. The van der Waals surface area contributed by atoms with E-state index in [4.69, 9.17) is 22.6 Å². The standard InChI is InChI=1S/C12H8ClFN4/c13-11-4-9(16)5-12(18-11)17-10-2-1-8(14)3-7(10)6-15/h1-5H,(H3,16,17,18). The third-order valence-electron chi connectivity index (χ3n) is 2.18. The summed E-state index contributed by atoms with van der Waals surface area (Å²) in [5.74, 6) is -0.0845. The van der Waals surface area contributed by atoms with Crippen LogP contribution in [-0.2, 0) is 0 Å². The van der Waals surface area contributed by atoms with E-state index in [1.807, 2.05) is 6.07 Å². The van der Waals surface area contributed by atoms with Gasteiger partial charge in [0.15, 0.2) is 0 Å². The van der Waals surface area contributed by atoms with Crippen LogP contribution in [0.2, 0.25) is 5.15 Å². The Labute approximate surface area is 108 Å². The molecule has 2 rings (SSSR count). The van der Waals surface area contributed by atoms with Gasteiger partial charge in [0, 0.05) is 11.8 Å². The van der Waals surface area contributed by atoms with Crippen LogP contribution in [0.1, 0.15) is 5.56 Å². The van der Waals surface area contributed by atoms with Gasteiger partial charge in [0.25, 0.3) is 0 Å². The number of nitriles is 1. The molecule has 0 radical (unpaired) electrons. The van der Waals surface area contributed by atoms with Crippen molar-refractivity contribution in [3.05, 3.63) is 46.9 Å². The van der Waals surface area contributed by atoms with Crippen molar-refractivity contribution in [2.75, 3.05) is 11.1 Å². The largest absolute Gasteiger partial charge is 0.399 e. The number of rotatable bonds is 2. The van der Waals surface area contributed by atoms with Crippen LogP contribution in [0.5, 0.6) is 0 Å². The zero-order valence-electron chi connectivity index (χ0n) is 9.11. The maximum Gasteiger partial charge on any atom is 0.134 e. The molecule has 0 spiro atoms. The molecule has 0 saturated carbocycles. The maximum atomic E-state index is 13.0. The van der Waals surface area contributed by atoms with Crippen LogP contribution in [0.25, 0.3) is 0 Å². The lowest BCUT2D eigenvalue weighted by Crippen LogP contribution is -1.98. The molecule has 90 valence electrons. The molecule has 0 aliphatic rings. The number of halogens is 2. The molecule has 0 fully saturated rings. The molecule has 0 atom stereocenters. The number of benzene rings is 1. The zero-order chi connectivity index (χ0) is 13.1. The lowest BCUT2D eigenvalue weighted by atomic mass is 10.2. The summed E-state index contributed by atoms with van der Waals surface area (Å²) in [5, 5.41) is 12.0. The lowest BCUT2D eigenvalue weighted by molar-refractivity contribution is 0.627. The first kappa shape index (κ1) is 12.1. The van der Waals surface area contributed by atoms with Gasteiger partial charge in [-0.2, -0.15) is 5.26 Å². The van der Waals surface area contributed by atoms with Crippen molar-refractivity contribution in [3.8, 4) is 6.07 Å². The number of aromatic nitrogens is 1. The van der Waals surface area contributed by atoms with E-state index in [1.165, 1.54) is 18.2 Å². The summed E-state index contributed by atoms with van der Waals surface area (Å²) < 4.78 is 13.0. The first-order chi connectivity index (χ1) is 8.58. The average Bonchev–Trinajstić information content (AvgIpc) is 2.30. The lowest BCUT2D eigenvalue weighted by Gasteiger charge is -2.08. The van der Waals surface area contributed by atoms with Crippen LogP contribution < -0.4 is 11.1 Å². The second-order valence-corrected chi connectivity index (χ2v) is 3.92. The van der Waals surface area contributed by atoms with E-state index >= 15 is 0 Å². The third kappa shape index (κ3) is 2.67. The molecule has 0 saturated heterocycles. The average molecular weight is 263 g/mol. The second-order valence-electron chi connectivity index (χ2n) is 3.54. The van der Waals surface area contributed by atoms with Gasteiger partial charge in [-0.3, -0.25) is 0 Å². The molecule has 0 aliphatic heterocycles. The minimum atomic E-state index is -0.476. The Kier molecular flexibility index (Phi) is 3.31. The first-order valence-corrected chi connectivity index (χ1v) is 5.36. The van der Waals surface area contributed by atoms with E-state index in [0.717, 1.165) is 6.07 Å². The van der Waals surface area contributed by atoms with Crippen LogP contribution in [0.4, 0.5) is 21.6 Å². The van der Waals surface area contributed by atoms with Gasteiger partial charge < -0.3 is 11.1 Å². The number of anilines is 3. The quantitative estimate of drug-likeness (QED) is 0.816. The highest BCUT2D eigenvalue weighted by Gasteiger charge is 2.06. The van der Waals surface area contributed by atoms with Gasteiger partial charge in [-0.25, -0.2) is 9.37 Å². The molecule has 1 heterocycles. The molecule has 0 bridgehead atoms. The number of nitrogens with zero attached hydrogens (tertiary/aromatic N) is 2. The van der Waals surface area contributed by atoms with Crippen molar-refractivity contribution in [3.63, 3.8) is 0 Å². The smallest absolute Gasteiger partial charge is 0.134 e. The number of nitrogens with two attached hydrogens (primary N) is 1. The zero-order valence-corrected chi connectivity index (χ0v) is 9.87. The van der Waals surface area contributed by atoms with Crippen molar-refractivity contribution < 1.29 is 4.39 Å². The Morgan fingerprint density at radius 1 is 1.33 bits per heavy atom. The highest BCUT2D eigenvalue weighted by molar-refractivity contribution is 6.29. The van der Waals surface area contributed by atoms with Crippen molar-refractivity contribution in [2.24, 2.45) is 0 Å². The van der Waals surface area contributed by atoms with Gasteiger partial charge in [-0.15, -0.1) is 0 Å². The van der Waals surface area contributed by atoms with Crippen LogP contribution in [0.3, 0.4) is 0 Å². The van der Waals surface area contributed by atoms with E-state index in [2.05, 4.69) is 10.3 Å². The first-order valence-electron chi connectivity index (χ1n) is 4.98. The Hall–Kier alpha value is -2.32. The molecule has 4 nitrogen and oxygen atoms in total. The van der Waals surface area contributed by atoms with Gasteiger partial charge >= 0.3 is 0 Å². The predicted octanol–water partition coefficient (Wildman–Crippen LogP) is 3.07. The van der Waals surface area contributed by atoms with Crippen molar-refractivity contribution >= 4 is 28.8 Å². The van der Waals surface area contributed by atoms with E-state index in [1.54, 1.807) is 6.07 Å². The summed E-state index contributed by atoms with van der Waals surface area (Å²) >= 11 is 5.76. The van der Waals surface area contributed by atoms with Gasteiger partial charge in [-0.1, -0.05) is 11.6 Å². The maximum absolute atomic E-state index is 13.0. The fourth-order valence-corrected chi connectivity index (χ4v) is 1.65. The van der Waals surface area contributed by atoms with Crippen molar-refractivity contribution in [1.29, 1.82) is 5.26 Å². The monoisotopic (exact) mass is 262 g/mol. The molecule has 0 aliphatic carbocycles. The number of hydrogen-bond donors (Lipinski definition) is 2. The fraction of sp³-hybridized carbons (Fsp3) is 0. The number of nitrogen functional groups attached to an aromatic ring is 1. The SMILES string of the molecule is N#Cc1cc(F)ccc1Nc1cc(N)cc(Cl)n1. The van der Waals surface area contributed by atoms with Gasteiger partial charge in [0.1, 0.15) is 22.9 Å². The normalized spacial score (nSPS) is 9.83. The Morgan fingerprint density at radius 2 is 2.11 bits per heavy atom.